The van der Waals surface area contributed by atoms with Gasteiger partial charge in [-0.15, -0.1) is 0 Å². The maximum absolute atomic E-state index is 13.9. The van der Waals surface area contributed by atoms with Gasteiger partial charge in [-0.1, -0.05) is 24.3 Å². The fourth-order valence-electron chi connectivity index (χ4n) is 5.27. The van der Waals surface area contributed by atoms with Crippen LogP contribution in [0.1, 0.15) is 35.8 Å². The van der Waals surface area contributed by atoms with Crippen molar-refractivity contribution in [3.05, 3.63) is 119 Å². The number of rotatable bonds is 6. The van der Waals surface area contributed by atoms with E-state index in [0.29, 0.717) is 24.0 Å². The third-order valence-corrected chi connectivity index (χ3v) is 7.51. The highest BCUT2D eigenvalue weighted by molar-refractivity contribution is 5.79. The number of halogens is 6. The molecule has 0 radical (unpaired) electrons. The average molecular weight is 585 g/mol. The maximum Gasteiger partial charge on any atom is 0.307 e. The number of hydrogen-bond acceptors (Lipinski definition) is 2. The molecule has 2 unspecified atom stereocenters. The van der Waals surface area contributed by atoms with Crippen molar-refractivity contribution >= 4 is 11.9 Å². The predicted octanol–water partition coefficient (Wildman–Crippen LogP) is 7.92. The van der Waals surface area contributed by atoms with Crippen LogP contribution < -0.4 is 0 Å². The van der Waals surface area contributed by atoms with Gasteiger partial charge < -0.3 is 10.2 Å². The highest BCUT2D eigenvalue weighted by Gasteiger charge is 2.46. The fraction of sp³-hybridized carbons (Fsp3) is 0.188. The van der Waals surface area contributed by atoms with Gasteiger partial charge in [0.1, 0.15) is 34.9 Å². The standard InChI is InChI=1S/2C16H11F3O2/c2*17-8-4-5-9(10-7-12(10)16(20)21)11(6-8)15-13(18)2-1-3-14(15)19/h2*1-6,10,12H,7H2,(H,20,21)/t10-,12+;/m0./s1. The van der Waals surface area contributed by atoms with Gasteiger partial charge in [-0.3, -0.25) is 9.59 Å². The monoisotopic (exact) mass is 584 g/mol. The lowest BCUT2D eigenvalue weighted by Crippen LogP contribution is -2.01. The summed E-state index contributed by atoms with van der Waals surface area (Å²) in [6.45, 7) is 0. The molecule has 4 aromatic carbocycles. The highest BCUT2D eigenvalue weighted by Crippen LogP contribution is 2.52. The molecule has 2 aliphatic carbocycles. The minimum atomic E-state index is -0.954. The molecule has 6 rings (SSSR count). The van der Waals surface area contributed by atoms with Crippen LogP contribution in [0.5, 0.6) is 0 Å². The van der Waals surface area contributed by atoms with Crippen LogP contribution in [0.15, 0.2) is 72.8 Å². The van der Waals surface area contributed by atoms with E-state index < -0.39 is 58.7 Å². The zero-order chi connectivity index (χ0) is 30.3. The van der Waals surface area contributed by atoms with Crippen LogP contribution in [0.4, 0.5) is 26.3 Å². The average Bonchev–Trinajstić information content (AvgIpc) is 3.83. The Kier molecular flexibility index (Phi) is 7.81. The lowest BCUT2D eigenvalue weighted by atomic mass is 9.95. The maximum atomic E-state index is 13.9. The van der Waals surface area contributed by atoms with Gasteiger partial charge in [0, 0.05) is 0 Å². The van der Waals surface area contributed by atoms with Gasteiger partial charge in [0.05, 0.1) is 23.0 Å². The molecule has 2 saturated carbocycles. The van der Waals surface area contributed by atoms with Gasteiger partial charge in [-0.05, 0) is 95.5 Å². The van der Waals surface area contributed by atoms with Crippen LogP contribution in [-0.2, 0) is 9.59 Å². The van der Waals surface area contributed by atoms with Crippen molar-refractivity contribution in [1.29, 1.82) is 0 Å². The summed E-state index contributed by atoms with van der Waals surface area (Å²) in [4.78, 5) is 21.9. The molecule has 4 atom stereocenters. The molecule has 4 nitrogen and oxygen atoms in total. The van der Waals surface area contributed by atoms with Crippen molar-refractivity contribution in [3.63, 3.8) is 0 Å². The summed E-state index contributed by atoms with van der Waals surface area (Å²) in [5.74, 6) is -8.17. The Bertz CT molecular complexity index is 1540. The fourth-order valence-corrected chi connectivity index (χ4v) is 5.27. The molecule has 0 aromatic heterocycles. The molecule has 0 saturated heterocycles. The Morgan fingerprint density at radius 3 is 1.17 bits per heavy atom. The van der Waals surface area contributed by atoms with Gasteiger partial charge in [0.25, 0.3) is 0 Å². The minimum Gasteiger partial charge on any atom is -0.481 e. The van der Waals surface area contributed by atoms with Crippen molar-refractivity contribution in [1.82, 2.24) is 0 Å². The second-order valence-electron chi connectivity index (χ2n) is 10.2. The Balaban J connectivity index is 0.000000168. The smallest absolute Gasteiger partial charge is 0.307 e. The summed E-state index contributed by atoms with van der Waals surface area (Å²) in [6, 6.07) is 14.1. The number of hydrogen-bond donors (Lipinski definition) is 2. The first-order valence-electron chi connectivity index (χ1n) is 12.9. The first-order valence-corrected chi connectivity index (χ1v) is 12.9. The van der Waals surface area contributed by atoms with Gasteiger partial charge in [0.15, 0.2) is 0 Å². The van der Waals surface area contributed by atoms with E-state index in [1.807, 2.05) is 0 Å². The number of carbonyl (C=O) groups is 2. The summed E-state index contributed by atoms with van der Waals surface area (Å²) in [7, 11) is 0. The molecular weight excluding hydrogens is 562 g/mol. The molecule has 0 amide bonds. The molecule has 216 valence electrons. The number of aliphatic carboxylic acids is 2. The van der Waals surface area contributed by atoms with Gasteiger partial charge in [-0.2, -0.15) is 0 Å². The normalized spacial score (nSPS) is 20.3. The molecule has 2 N–H and O–H groups in total. The third-order valence-electron chi connectivity index (χ3n) is 7.51. The lowest BCUT2D eigenvalue weighted by molar-refractivity contribution is -0.139. The molecule has 0 aliphatic heterocycles. The van der Waals surface area contributed by atoms with E-state index in [1.54, 1.807) is 0 Å². The molecule has 0 heterocycles. The second kappa shape index (κ2) is 11.3. The van der Waals surface area contributed by atoms with E-state index in [9.17, 15) is 35.9 Å². The van der Waals surface area contributed by atoms with Gasteiger partial charge in [0.2, 0.25) is 0 Å². The predicted molar refractivity (Wildman–Crippen MR) is 140 cm³/mol. The van der Waals surface area contributed by atoms with E-state index in [1.165, 1.54) is 36.4 Å². The van der Waals surface area contributed by atoms with Gasteiger partial charge >= 0.3 is 11.9 Å². The molecular formula is C32H22F6O4. The summed E-state index contributed by atoms with van der Waals surface area (Å²) in [5, 5.41) is 18.0. The van der Waals surface area contributed by atoms with Crippen molar-refractivity contribution in [2.24, 2.45) is 11.8 Å². The van der Waals surface area contributed by atoms with Crippen LogP contribution in [0.25, 0.3) is 22.3 Å². The van der Waals surface area contributed by atoms with E-state index in [0.717, 1.165) is 36.4 Å². The first-order chi connectivity index (χ1) is 20.0. The Hall–Kier alpha value is -4.60. The van der Waals surface area contributed by atoms with Crippen LogP contribution in [0, 0.1) is 46.7 Å². The molecule has 2 aliphatic rings. The van der Waals surface area contributed by atoms with Crippen LogP contribution in [0.3, 0.4) is 0 Å². The third kappa shape index (κ3) is 5.74. The van der Waals surface area contributed by atoms with E-state index in [-0.39, 0.29) is 34.1 Å². The number of carboxylic acid groups (broad SMARTS) is 2. The Morgan fingerprint density at radius 2 is 0.881 bits per heavy atom. The molecule has 2 fully saturated rings. The van der Waals surface area contributed by atoms with Gasteiger partial charge in [-0.25, -0.2) is 26.3 Å². The zero-order valence-electron chi connectivity index (χ0n) is 21.6. The quantitative estimate of drug-likeness (QED) is 0.226. The molecule has 10 heteroatoms. The zero-order valence-corrected chi connectivity index (χ0v) is 21.6. The van der Waals surface area contributed by atoms with E-state index in [4.69, 9.17) is 10.2 Å². The summed E-state index contributed by atoms with van der Waals surface area (Å²) < 4.78 is 82.6. The molecule has 4 aromatic rings. The number of benzene rings is 4. The number of carboxylic acids is 2. The summed E-state index contributed by atoms with van der Waals surface area (Å²) >= 11 is 0. The topological polar surface area (TPSA) is 74.6 Å². The van der Waals surface area contributed by atoms with Crippen molar-refractivity contribution < 1.29 is 46.1 Å². The van der Waals surface area contributed by atoms with Crippen LogP contribution in [0.2, 0.25) is 0 Å². The Morgan fingerprint density at radius 1 is 0.548 bits per heavy atom. The summed E-state index contributed by atoms with van der Waals surface area (Å²) in [5.41, 5.74) is 0.463. The molecule has 0 spiro atoms. The van der Waals surface area contributed by atoms with Crippen LogP contribution >= 0.6 is 0 Å². The van der Waals surface area contributed by atoms with Crippen molar-refractivity contribution in [2.75, 3.05) is 0 Å². The molecule has 0 bridgehead atoms. The van der Waals surface area contributed by atoms with E-state index in [2.05, 4.69) is 0 Å². The second-order valence-corrected chi connectivity index (χ2v) is 10.2. The van der Waals surface area contributed by atoms with Crippen molar-refractivity contribution in [2.45, 2.75) is 24.7 Å². The van der Waals surface area contributed by atoms with Crippen LogP contribution in [-0.4, -0.2) is 22.2 Å². The lowest BCUT2D eigenvalue weighted by Gasteiger charge is -2.11. The minimum absolute atomic E-state index is 0.0827. The largest absolute Gasteiger partial charge is 0.481 e. The van der Waals surface area contributed by atoms with Crippen molar-refractivity contribution in [3.8, 4) is 22.3 Å². The highest BCUT2D eigenvalue weighted by atomic mass is 19.2. The first kappa shape index (κ1) is 28.9. The SMILES string of the molecule is O=C(O)C1CC1c1ccc(F)cc1-c1c(F)cccc1F.O=C(O)[C@@H]1C[C@H]1c1ccc(F)cc1-c1c(F)cccc1F. The van der Waals surface area contributed by atoms with E-state index >= 15 is 0 Å². The summed E-state index contributed by atoms with van der Waals surface area (Å²) in [6.07, 6.45) is 0.786. The molecule has 42 heavy (non-hydrogen) atoms. The Labute approximate surface area is 235 Å².